The van der Waals surface area contributed by atoms with Crippen LogP contribution in [0, 0.1) is 11.6 Å². The summed E-state index contributed by atoms with van der Waals surface area (Å²) in [6, 6.07) is 0.950. The fourth-order valence-corrected chi connectivity index (χ4v) is 1.54. The third-order valence-corrected chi connectivity index (χ3v) is 2.32. The number of anilines is 1. The Bertz CT molecular complexity index is 422. The molecule has 3 nitrogen and oxygen atoms in total. The lowest BCUT2D eigenvalue weighted by molar-refractivity contribution is -0.118. The second-order valence-corrected chi connectivity index (χ2v) is 3.55. The molecule has 0 spiro atoms. The van der Waals surface area contributed by atoms with E-state index in [1.807, 2.05) is 0 Å². The molecule has 1 N–H and O–H groups in total. The van der Waals surface area contributed by atoms with E-state index in [0.717, 1.165) is 6.07 Å². The van der Waals surface area contributed by atoms with E-state index < -0.39 is 17.5 Å². The van der Waals surface area contributed by atoms with Crippen molar-refractivity contribution in [3.05, 3.63) is 22.2 Å². The first-order valence-corrected chi connectivity index (χ1v) is 4.49. The van der Waals surface area contributed by atoms with Crippen molar-refractivity contribution in [1.29, 1.82) is 0 Å². The molecule has 0 bridgehead atoms. The Morgan fingerprint density at radius 2 is 2.21 bits per heavy atom. The van der Waals surface area contributed by atoms with Gasteiger partial charge in [0.05, 0.1) is 4.47 Å². The number of carbonyl (C=O) groups is 1. The highest BCUT2D eigenvalue weighted by Crippen LogP contribution is 2.37. The number of amides is 1. The molecule has 0 aromatic heterocycles. The largest absolute Gasteiger partial charge is 0.478 e. The van der Waals surface area contributed by atoms with Crippen LogP contribution in [0.2, 0.25) is 0 Å². The van der Waals surface area contributed by atoms with Crippen LogP contribution in [-0.4, -0.2) is 12.5 Å². The second-order valence-electron chi connectivity index (χ2n) is 2.70. The fraction of sp³-hybridized carbons (Fsp3) is 0.125. The molecule has 0 atom stereocenters. The van der Waals surface area contributed by atoms with Crippen molar-refractivity contribution in [2.45, 2.75) is 0 Å². The summed E-state index contributed by atoms with van der Waals surface area (Å²) in [5.74, 6) is -2.22. The van der Waals surface area contributed by atoms with E-state index in [2.05, 4.69) is 21.2 Å². The van der Waals surface area contributed by atoms with Crippen LogP contribution in [-0.2, 0) is 4.79 Å². The number of halogens is 3. The maximum absolute atomic E-state index is 13.3. The van der Waals surface area contributed by atoms with E-state index >= 15 is 0 Å². The molecule has 1 aliphatic rings. The van der Waals surface area contributed by atoms with Crippen LogP contribution in [0.25, 0.3) is 0 Å². The molecule has 14 heavy (non-hydrogen) atoms. The average molecular weight is 264 g/mol. The highest BCUT2D eigenvalue weighted by molar-refractivity contribution is 9.10. The molecule has 0 aliphatic carbocycles. The number of hydrogen-bond donors (Lipinski definition) is 1. The number of rotatable bonds is 0. The summed E-state index contributed by atoms with van der Waals surface area (Å²) < 4.78 is 31.2. The van der Waals surface area contributed by atoms with Crippen LogP contribution >= 0.6 is 15.9 Å². The van der Waals surface area contributed by atoms with Crippen molar-refractivity contribution in [3.63, 3.8) is 0 Å². The lowest BCUT2D eigenvalue weighted by Gasteiger charge is -2.19. The van der Waals surface area contributed by atoms with E-state index in [1.54, 1.807) is 0 Å². The maximum Gasteiger partial charge on any atom is 0.262 e. The van der Waals surface area contributed by atoms with Gasteiger partial charge >= 0.3 is 0 Å². The summed E-state index contributed by atoms with van der Waals surface area (Å²) in [6.45, 7) is -0.301. The summed E-state index contributed by atoms with van der Waals surface area (Å²) in [4.78, 5) is 10.9. The molecular formula is C8H4BrF2NO2. The molecule has 2 rings (SSSR count). The standard InChI is InChI=1S/C8H4BrF2NO2/c9-3-1-4(10)8-7(6(3)11)12-5(13)2-14-8/h1H,2H2,(H,12,13). The van der Waals surface area contributed by atoms with E-state index in [0.29, 0.717) is 0 Å². The molecular weight excluding hydrogens is 260 g/mol. The van der Waals surface area contributed by atoms with Gasteiger partial charge in [-0.15, -0.1) is 0 Å². The first kappa shape index (κ1) is 9.39. The topological polar surface area (TPSA) is 38.3 Å². The monoisotopic (exact) mass is 263 g/mol. The van der Waals surface area contributed by atoms with Gasteiger partial charge in [0, 0.05) is 0 Å². The van der Waals surface area contributed by atoms with Crippen LogP contribution < -0.4 is 10.1 Å². The van der Waals surface area contributed by atoms with Crippen molar-refractivity contribution >= 4 is 27.5 Å². The zero-order valence-electron chi connectivity index (χ0n) is 6.73. The molecule has 1 aromatic rings. The van der Waals surface area contributed by atoms with Crippen molar-refractivity contribution < 1.29 is 18.3 Å². The Labute approximate surface area is 86.2 Å². The molecule has 1 amide bonds. The van der Waals surface area contributed by atoms with Crippen molar-refractivity contribution in [2.24, 2.45) is 0 Å². The van der Waals surface area contributed by atoms with Gasteiger partial charge in [0.2, 0.25) is 0 Å². The number of ether oxygens (including phenoxy) is 1. The Balaban J connectivity index is 2.63. The van der Waals surface area contributed by atoms with Gasteiger partial charge in [-0.3, -0.25) is 4.79 Å². The van der Waals surface area contributed by atoms with Gasteiger partial charge in [0.1, 0.15) is 5.69 Å². The first-order valence-electron chi connectivity index (χ1n) is 3.69. The molecule has 0 unspecified atom stereocenters. The minimum atomic E-state index is -0.741. The molecule has 0 saturated heterocycles. The summed E-state index contributed by atoms with van der Waals surface area (Å²) in [5.41, 5.74) is -0.256. The highest BCUT2D eigenvalue weighted by atomic mass is 79.9. The molecule has 1 heterocycles. The van der Waals surface area contributed by atoms with Crippen LogP contribution in [0.3, 0.4) is 0 Å². The predicted octanol–water partition coefficient (Wildman–Crippen LogP) is 2.06. The van der Waals surface area contributed by atoms with E-state index in [-0.39, 0.29) is 22.5 Å². The number of carbonyl (C=O) groups excluding carboxylic acids is 1. The lowest BCUT2D eigenvalue weighted by atomic mass is 10.2. The first-order chi connectivity index (χ1) is 6.59. The number of fused-ring (bicyclic) bond motifs is 1. The van der Waals surface area contributed by atoms with E-state index in [1.165, 1.54) is 0 Å². The molecule has 74 valence electrons. The summed E-state index contributed by atoms with van der Waals surface area (Å²) in [5, 5.41) is 2.20. The minimum absolute atomic E-state index is 0.0560. The van der Waals surface area contributed by atoms with Crippen molar-refractivity contribution in [2.75, 3.05) is 11.9 Å². The molecule has 0 radical (unpaired) electrons. The van der Waals surface area contributed by atoms with Crippen LogP contribution in [0.4, 0.5) is 14.5 Å². The number of hydrogen-bond acceptors (Lipinski definition) is 2. The molecule has 6 heteroatoms. The minimum Gasteiger partial charge on any atom is -0.478 e. The summed E-state index contributed by atoms with van der Waals surface area (Å²) >= 11 is 2.82. The molecule has 0 fully saturated rings. The molecule has 1 aliphatic heterocycles. The van der Waals surface area contributed by atoms with Gasteiger partial charge in [-0.1, -0.05) is 0 Å². The van der Waals surface area contributed by atoms with Gasteiger partial charge in [0.25, 0.3) is 5.91 Å². The van der Waals surface area contributed by atoms with Crippen LogP contribution in [0.15, 0.2) is 10.5 Å². The van der Waals surface area contributed by atoms with Crippen molar-refractivity contribution in [3.8, 4) is 5.75 Å². The van der Waals surface area contributed by atoms with Crippen LogP contribution in [0.1, 0.15) is 0 Å². The Hall–Kier alpha value is -1.17. The number of nitrogens with one attached hydrogen (secondary N) is 1. The maximum atomic E-state index is 13.3. The number of benzene rings is 1. The third-order valence-electron chi connectivity index (χ3n) is 1.74. The third kappa shape index (κ3) is 1.35. The Morgan fingerprint density at radius 1 is 1.50 bits per heavy atom. The highest BCUT2D eigenvalue weighted by Gasteiger charge is 2.25. The lowest BCUT2D eigenvalue weighted by Crippen LogP contribution is -2.27. The van der Waals surface area contributed by atoms with E-state index in [4.69, 9.17) is 4.74 Å². The summed E-state index contributed by atoms with van der Waals surface area (Å²) in [6.07, 6.45) is 0. The van der Waals surface area contributed by atoms with Gasteiger partial charge in [-0.25, -0.2) is 8.78 Å². The quantitative estimate of drug-likeness (QED) is 0.728. The predicted molar refractivity (Wildman–Crippen MR) is 48.2 cm³/mol. The van der Waals surface area contributed by atoms with Crippen molar-refractivity contribution in [1.82, 2.24) is 0 Å². The van der Waals surface area contributed by atoms with Crippen LogP contribution in [0.5, 0.6) is 5.75 Å². The van der Waals surface area contributed by atoms with E-state index in [9.17, 15) is 13.6 Å². The average Bonchev–Trinajstić information content (AvgIpc) is 2.14. The zero-order chi connectivity index (χ0) is 10.3. The Morgan fingerprint density at radius 3 is 2.93 bits per heavy atom. The summed E-state index contributed by atoms with van der Waals surface area (Å²) in [7, 11) is 0. The molecule has 0 saturated carbocycles. The smallest absolute Gasteiger partial charge is 0.262 e. The van der Waals surface area contributed by atoms with Gasteiger partial charge < -0.3 is 10.1 Å². The Kier molecular flexibility index (Phi) is 2.14. The zero-order valence-corrected chi connectivity index (χ0v) is 8.32. The SMILES string of the molecule is O=C1COc2c(F)cc(Br)c(F)c2N1. The van der Waals surface area contributed by atoms with Gasteiger partial charge in [-0.05, 0) is 22.0 Å². The van der Waals surface area contributed by atoms with Gasteiger partial charge in [0.15, 0.2) is 24.0 Å². The second kappa shape index (κ2) is 3.20. The van der Waals surface area contributed by atoms with Gasteiger partial charge in [-0.2, -0.15) is 0 Å². The molecule has 1 aromatic carbocycles. The normalized spacial score (nSPS) is 14.4. The fourth-order valence-electron chi connectivity index (χ4n) is 1.14.